The van der Waals surface area contributed by atoms with E-state index in [9.17, 15) is 15.3 Å². The van der Waals surface area contributed by atoms with Crippen molar-refractivity contribution < 1.29 is 15.3 Å². The zero-order valence-corrected chi connectivity index (χ0v) is 17.5. The van der Waals surface area contributed by atoms with E-state index < -0.39 is 0 Å². The first kappa shape index (κ1) is 20.1. The number of aromatic amines is 2. The quantitative estimate of drug-likeness (QED) is 0.281. The number of nitrogens with one attached hydrogen (secondary N) is 3. The fraction of sp³-hybridized carbons (Fsp3) is 0.304. The van der Waals surface area contributed by atoms with Crippen molar-refractivity contribution in [3.8, 4) is 28.5 Å². The second-order valence-electron chi connectivity index (χ2n) is 7.98. The number of hydrogen-bond donors (Lipinski definition) is 6. The van der Waals surface area contributed by atoms with Crippen LogP contribution in [0.15, 0.2) is 30.5 Å². The lowest BCUT2D eigenvalue weighted by Gasteiger charge is -2.11. The Morgan fingerprint density at radius 3 is 2.53 bits per heavy atom. The molecule has 4 rings (SSSR count). The van der Waals surface area contributed by atoms with E-state index >= 15 is 0 Å². The summed E-state index contributed by atoms with van der Waals surface area (Å²) in [5.41, 5.74) is 4.56. The van der Waals surface area contributed by atoms with Crippen molar-refractivity contribution >= 4 is 21.8 Å². The number of benzene rings is 2. The van der Waals surface area contributed by atoms with Crippen LogP contribution in [0.25, 0.3) is 32.9 Å². The van der Waals surface area contributed by atoms with Gasteiger partial charge in [-0.1, -0.05) is 0 Å². The van der Waals surface area contributed by atoms with Gasteiger partial charge in [0.05, 0.1) is 5.52 Å². The van der Waals surface area contributed by atoms with Gasteiger partial charge in [0.15, 0.2) is 5.88 Å². The second-order valence-corrected chi connectivity index (χ2v) is 7.98. The van der Waals surface area contributed by atoms with E-state index in [-0.39, 0.29) is 17.4 Å². The molecule has 0 aliphatic carbocycles. The normalized spacial score (nSPS) is 11.9. The summed E-state index contributed by atoms with van der Waals surface area (Å²) in [5, 5.41) is 36.6. The Bertz CT molecular complexity index is 1210. The molecule has 158 valence electrons. The van der Waals surface area contributed by atoms with Gasteiger partial charge in [-0.05, 0) is 75.9 Å². The van der Waals surface area contributed by atoms with Crippen molar-refractivity contribution in [2.24, 2.45) is 0 Å². The number of fused-ring (bicyclic) bond motifs is 2. The van der Waals surface area contributed by atoms with Crippen molar-refractivity contribution in [2.45, 2.75) is 12.8 Å². The number of aromatic nitrogens is 2. The van der Waals surface area contributed by atoms with E-state index in [1.54, 1.807) is 6.07 Å². The van der Waals surface area contributed by atoms with Gasteiger partial charge >= 0.3 is 0 Å². The van der Waals surface area contributed by atoms with Crippen LogP contribution >= 0.6 is 0 Å². The predicted octanol–water partition coefficient (Wildman–Crippen LogP) is 3.30. The number of rotatable bonds is 7. The fourth-order valence-corrected chi connectivity index (χ4v) is 4.06. The van der Waals surface area contributed by atoms with E-state index in [4.69, 9.17) is 0 Å². The van der Waals surface area contributed by atoms with Crippen molar-refractivity contribution in [1.82, 2.24) is 20.2 Å². The highest BCUT2D eigenvalue weighted by Gasteiger charge is 2.19. The molecule has 0 saturated carbocycles. The average Bonchev–Trinajstić information content (AvgIpc) is 3.26. The van der Waals surface area contributed by atoms with Crippen molar-refractivity contribution in [3.63, 3.8) is 0 Å². The van der Waals surface area contributed by atoms with Gasteiger partial charge in [0.2, 0.25) is 0 Å². The average molecular weight is 409 g/mol. The lowest BCUT2D eigenvalue weighted by atomic mass is 9.98. The van der Waals surface area contributed by atoms with Crippen LogP contribution in [0.4, 0.5) is 0 Å². The van der Waals surface area contributed by atoms with E-state index in [0.29, 0.717) is 40.6 Å². The standard InChI is InChI=1S/C23H28N4O3/c1-24-8-6-16-21-18(26-23(16)30)10-14(11-19(21)28)15-4-5-17-20(22(15)29)13(12-25-17)7-9-27(2)3/h4-5,10-12,24-26,28-30H,6-9H2,1-3H3. The van der Waals surface area contributed by atoms with Gasteiger partial charge in [-0.2, -0.15) is 0 Å². The van der Waals surface area contributed by atoms with Crippen LogP contribution in [0.3, 0.4) is 0 Å². The summed E-state index contributed by atoms with van der Waals surface area (Å²) in [6.45, 7) is 1.56. The van der Waals surface area contributed by atoms with Crippen LogP contribution in [-0.2, 0) is 12.8 Å². The molecule has 0 amide bonds. The smallest absolute Gasteiger partial charge is 0.192 e. The monoisotopic (exact) mass is 408 g/mol. The molecule has 7 nitrogen and oxygen atoms in total. The van der Waals surface area contributed by atoms with Gasteiger partial charge in [-0.15, -0.1) is 0 Å². The highest BCUT2D eigenvalue weighted by Crippen LogP contribution is 2.42. The number of likely N-dealkylation sites (N-methyl/N-ethyl adjacent to an activating group) is 2. The Morgan fingerprint density at radius 2 is 1.80 bits per heavy atom. The van der Waals surface area contributed by atoms with Gasteiger partial charge in [0.25, 0.3) is 0 Å². The molecule has 4 aromatic rings. The summed E-state index contributed by atoms with van der Waals surface area (Å²) in [5.74, 6) is 0.322. The van der Waals surface area contributed by atoms with Crippen LogP contribution in [0.2, 0.25) is 0 Å². The molecule has 30 heavy (non-hydrogen) atoms. The van der Waals surface area contributed by atoms with Crippen molar-refractivity contribution in [2.75, 3.05) is 34.2 Å². The summed E-state index contributed by atoms with van der Waals surface area (Å²) in [4.78, 5) is 8.29. The predicted molar refractivity (Wildman–Crippen MR) is 120 cm³/mol. The Hall–Kier alpha value is -3.16. The molecule has 0 atom stereocenters. The summed E-state index contributed by atoms with van der Waals surface area (Å²) >= 11 is 0. The molecule has 0 fully saturated rings. The minimum absolute atomic E-state index is 0.0592. The molecule has 7 heteroatoms. The minimum Gasteiger partial charge on any atom is -0.507 e. The third-order valence-electron chi connectivity index (χ3n) is 5.62. The molecule has 0 radical (unpaired) electrons. The molecule has 2 heterocycles. The van der Waals surface area contributed by atoms with Gasteiger partial charge in [-0.3, -0.25) is 0 Å². The van der Waals surface area contributed by atoms with E-state index in [2.05, 4.69) is 20.2 Å². The first-order valence-electron chi connectivity index (χ1n) is 10.1. The second kappa shape index (κ2) is 7.93. The Labute approximate surface area is 175 Å². The summed E-state index contributed by atoms with van der Waals surface area (Å²) in [6.07, 6.45) is 3.34. The van der Waals surface area contributed by atoms with Crippen LogP contribution in [0.1, 0.15) is 11.1 Å². The number of aromatic hydroxyl groups is 3. The van der Waals surface area contributed by atoms with Crippen molar-refractivity contribution in [3.05, 3.63) is 41.6 Å². The number of H-pyrrole nitrogens is 2. The Balaban J connectivity index is 1.82. The third-order valence-corrected chi connectivity index (χ3v) is 5.62. The molecule has 0 aliphatic heterocycles. The SMILES string of the molecule is CNCCc1c(O)[nH]c2cc(-c3ccc4[nH]cc(CCN(C)C)c4c3O)cc(O)c12. The van der Waals surface area contributed by atoms with E-state index in [0.717, 1.165) is 29.4 Å². The van der Waals surface area contributed by atoms with Crippen molar-refractivity contribution in [1.29, 1.82) is 0 Å². The first-order chi connectivity index (χ1) is 14.4. The number of hydrogen-bond acceptors (Lipinski definition) is 5. The summed E-state index contributed by atoms with van der Waals surface area (Å²) < 4.78 is 0. The Kier molecular flexibility index (Phi) is 5.32. The molecule has 6 N–H and O–H groups in total. The number of phenolic OH excluding ortho intramolecular Hbond substituents is 2. The molecule has 2 aromatic carbocycles. The number of phenols is 2. The van der Waals surface area contributed by atoms with Crippen LogP contribution in [0, 0.1) is 0 Å². The Morgan fingerprint density at radius 1 is 1.00 bits per heavy atom. The fourth-order valence-electron chi connectivity index (χ4n) is 4.06. The van der Waals surface area contributed by atoms with E-state index in [1.165, 1.54) is 0 Å². The van der Waals surface area contributed by atoms with Gasteiger partial charge in [-0.25, -0.2) is 0 Å². The molecule has 0 aliphatic rings. The highest BCUT2D eigenvalue weighted by molar-refractivity contribution is 5.99. The molecular formula is C23H28N4O3. The lowest BCUT2D eigenvalue weighted by molar-refractivity contribution is 0.414. The minimum atomic E-state index is 0.0592. The maximum absolute atomic E-state index is 11.1. The van der Waals surface area contributed by atoms with Gasteiger partial charge < -0.3 is 35.5 Å². The first-order valence-corrected chi connectivity index (χ1v) is 10.1. The maximum Gasteiger partial charge on any atom is 0.192 e. The molecular weight excluding hydrogens is 380 g/mol. The maximum atomic E-state index is 11.1. The largest absolute Gasteiger partial charge is 0.507 e. The molecule has 0 unspecified atom stereocenters. The lowest BCUT2D eigenvalue weighted by Crippen LogP contribution is -2.14. The van der Waals surface area contributed by atoms with Crippen LogP contribution in [0.5, 0.6) is 17.4 Å². The topological polar surface area (TPSA) is 108 Å². The molecule has 0 spiro atoms. The summed E-state index contributed by atoms with van der Waals surface area (Å²) in [7, 11) is 5.89. The molecule has 0 saturated heterocycles. The summed E-state index contributed by atoms with van der Waals surface area (Å²) in [6, 6.07) is 7.28. The highest BCUT2D eigenvalue weighted by atomic mass is 16.3. The van der Waals surface area contributed by atoms with Crippen LogP contribution < -0.4 is 5.32 Å². The third kappa shape index (κ3) is 3.46. The number of nitrogens with zero attached hydrogens (tertiary/aromatic N) is 1. The van der Waals surface area contributed by atoms with Gasteiger partial charge in [0, 0.05) is 40.2 Å². The van der Waals surface area contributed by atoms with Gasteiger partial charge in [0.1, 0.15) is 11.5 Å². The van der Waals surface area contributed by atoms with Crippen LogP contribution in [-0.4, -0.2) is 64.4 Å². The zero-order chi connectivity index (χ0) is 21.4. The molecule has 2 aromatic heterocycles. The molecule has 0 bridgehead atoms. The van der Waals surface area contributed by atoms with E-state index in [1.807, 2.05) is 45.5 Å². The zero-order valence-electron chi connectivity index (χ0n) is 17.5.